The number of ether oxygens (including phenoxy) is 1. The van der Waals surface area contributed by atoms with E-state index in [2.05, 4.69) is 33.2 Å². The minimum Gasteiger partial charge on any atom is -0.496 e. The number of carbonyl (C=O) groups is 2. The van der Waals surface area contributed by atoms with E-state index in [0.29, 0.717) is 5.75 Å². The normalized spacial score (nSPS) is 31.5. The highest BCUT2D eigenvalue weighted by atomic mass is 79.9. The lowest BCUT2D eigenvalue weighted by Crippen LogP contribution is -2.28. The first-order valence-electron chi connectivity index (χ1n) is 7.54. The van der Waals surface area contributed by atoms with E-state index in [-0.39, 0.29) is 35.5 Å². The Bertz CT molecular complexity index is 728. The van der Waals surface area contributed by atoms with Crippen molar-refractivity contribution >= 4 is 34.0 Å². The number of hydrogen-bond acceptors (Lipinski definition) is 4. The molecule has 6 heteroatoms. The molecule has 0 unspecified atom stereocenters. The van der Waals surface area contributed by atoms with Crippen molar-refractivity contribution in [2.24, 2.45) is 28.8 Å². The molecule has 118 valence electrons. The highest BCUT2D eigenvalue weighted by Gasteiger charge is 2.59. The second kappa shape index (κ2) is 5.30. The number of fused-ring (bicyclic) bond motifs is 5. The fourth-order valence-corrected chi connectivity index (χ4v) is 4.45. The molecule has 0 N–H and O–H groups in total. The number of rotatable bonds is 3. The minimum absolute atomic E-state index is 0.166. The predicted molar refractivity (Wildman–Crippen MR) is 87.9 cm³/mol. The van der Waals surface area contributed by atoms with Crippen LogP contribution in [-0.2, 0) is 9.59 Å². The molecule has 1 aromatic rings. The summed E-state index contributed by atoms with van der Waals surface area (Å²) in [5, 5.41) is 5.21. The molecule has 1 aliphatic heterocycles. The lowest BCUT2D eigenvalue weighted by atomic mass is 9.85. The second-order valence-corrected chi connectivity index (χ2v) is 6.98. The lowest BCUT2D eigenvalue weighted by molar-refractivity contribution is -0.140. The summed E-state index contributed by atoms with van der Waals surface area (Å²) < 4.78 is 5.97. The van der Waals surface area contributed by atoms with E-state index in [9.17, 15) is 9.59 Å². The Balaban J connectivity index is 1.57. The van der Waals surface area contributed by atoms with Crippen LogP contribution in [0.25, 0.3) is 0 Å². The Morgan fingerprint density at radius 1 is 1.22 bits per heavy atom. The maximum atomic E-state index is 12.5. The van der Waals surface area contributed by atoms with E-state index < -0.39 is 0 Å². The SMILES string of the molecule is COc1ccc(/C=N\N2C(=O)[C@@H]3[C@H](C2=O)[C@H]2C=C[C@H]3C2)cc1Br. The molecule has 5 nitrogen and oxygen atoms in total. The fraction of sp³-hybridized carbons (Fsp3) is 0.353. The molecular weight excluding hydrogens is 360 g/mol. The van der Waals surface area contributed by atoms with Gasteiger partial charge in [-0.05, 0) is 57.9 Å². The van der Waals surface area contributed by atoms with E-state index >= 15 is 0 Å². The van der Waals surface area contributed by atoms with Crippen molar-refractivity contribution < 1.29 is 14.3 Å². The number of amides is 2. The van der Waals surface area contributed by atoms with Crippen molar-refractivity contribution in [2.75, 3.05) is 7.11 Å². The summed E-state index contributed by atoms with van der Waals surface area (Å²) in [4.78, 5) is 25.0. The summed E-state index contributed by atoms with van der Waals surface area (Å²) in [7, 11) is 1.59. The van der Waals surface area contributed by atoms with Gasteiger partial charge >= 0.3 is 0 Å². The summed E-state index contributed by atoms with van der Waals surface area (Å²) in [5.74, 6) is 0.372. The third kappa shape index (κ3) is 2.16. The molecule has 3 aliphatic rings. The van der Waals surface area contributed by atoms with Crippen LogP contribution in [0.5, 0.6) is 5.75 Å². The van der Waals surface area contributed by atoms with Crippen LogP contribution < -0.4 is 4.74 Å². The average molecular weight is 375 g/mol. The van der Waals surface area contributed by atoms with Gasteiger partial charge in [0.2, 0.25) is 0 Å². The van der Waals surface area contributed by atoms with E-state index in [4.69, 9.17) is 4.74 Å². The highest BCUT2D eigenvalue weighted by molar-refractivity contribution is 9.10. The molecule has 1 saturated heterocycles. The van der Waals surface area contributed by atoms with Gasteiger partial charge in [-0.15, -0.1) is 0 Å². The van der Waals surface area contributed by atoms with E-state index in [1.165, 1.54) is 6.21 Å². The Morgan fingerprint density at radius 3 is 2.43 bits per heavy atom. The van der Waals surface area contributed by atoms with Gasteiger partial charge < -0.3 is 4.74 Å². The largest absolute Gasteiger partial charge is 0.496 e. The van der Waals surface area contributed by atoms with Gasteiger partial charge in [0.25, 0.3) is 11.8 Å². The zero-order chi connectivity index (χ0) is 16.1. The molecule has 23 heavy (non-hydrogen) atoms. The van der Waals surface area contributed by atoms with Crippen LogP contribution in [0.3, 0.4) is 0 Å². The second-order valence-electron chi connectivity index (χ2n) is 6.13. The first-order valence-corrected chi connectivity index (χ1v) is 8.33. The topological polar surface area (TPSA) is 59.0 Å². The van der Waals surface area contributed by atoms with Crippen LogP contribution in [0, 0.1) is 23.7 Å². The molecule has 0 radical (unpaired) electrons. The molecule has 4 rings (SSSR count). The summed E-state index contributed by atoms with van der Waals surface area (Å²) in [6.07, 6.45) is 6.61. The number of halogens is 1. The number of carbonyl (C=O) groups excluding carboxylic acids is 2. The molecule has 4 atom stereocenters. The number of benzene rings is 1. The van der Waals surface area contributed by atoms with Crippen molar-refractivity contribution in [2.45, 2.75) is 6.42 Å². The number of methoxy groups -OCH3 is 1. The Kier molecular flexibility index (Phi) is 3.37. The molecule has 2 aliphatic carbocycles. The summed E-state index contributed by atoms with van der Waals surface area (Å²) in [6.45, 7) is 0. The quantitative estimate of drug-likeness (QED) is 0.464. The van der Waals surface area contributed by atoms with Crippen molar-refractivity contribution in [3.8, 4) is 5.75 Å². The Labute approximate surface area is 142 Å². The smallest absolute Gasteiger partial charge is 0.254 e. The molecule has 2 amide bonds. The molecular formula is C17H15BrN2O3. The average Bonchev–Trinajstić information content (AvgIpc) is 3.21. The number of hydrazone groups is 1. The van der Waals surface area contributed by atoms with Gasteiger partial charge in [-0.1, -0.05) is 12.2 Å². The van der Waals surface area contributed by atoms with Crippen molar-refractivity contribution in [3.05, 3.63) is 40.4 Å². The minimum atomic E-state index is -0.211. The third-order valence-electron chi connectivity index (χ3n) is 4.95. The maximum Gasteiger partial charge on any atom is 0.254 e. The molecule has 2 fully saturated rings. The predicted octanol–water partition coefficient (Wildman–Crippen LogP) is 2.60. The molecule has 1 saturated carbocycles. The van der Waals surface area contributed by atoms with Gasteiger partial charge in [0.05, 0.1) is 29.6 Å². The molecule has 0 spiro atoms. The van der Waals surface area contributed by atoms with Crippen LogP contribution >= 0.6 is 15.9 Å². The highest BCUT2D eigenvalue weighted by Crippen LogP contribution is 2.52. The fourth-order valence-electron chi connectivity index (χ4n) is 3.89. The van der Waals surface area contributed by atoms with Gasteiger partial charge in [-0.25, -0.2) is 0 Å². The van der Waals surface area contributed by atoms with Gasteiger partial charge in [0.15, 0.2) is 0 Å². The standard InChI is InChI=1S/C17H15BrN2O3/c1-23-13-5-2-9(6-12(13)18)8-19-20-16(21)14-10-3-4-11(7-10)15(14)17(20)22/h2-6,8,10-11,14-15H,7H2,1H3/b19-8-/t10-,11-,14-,15+/m0/s1. The van der Waals surface area contributed by atoms with Crippen molar-refractivity contribution in [3.63, 3.8) is 0 Å². The molecule has 0 aromatic heterocycles. The van der Waals surface area contributed by atoms with Crippen molar-refractivity contribution in [1.82, 2.24) is 5.01 Å². The van der Waals surface area contributed by atoms with Gasteiger partial charge in [0.1, 0.15) is 5.75 Å². The van der Waals surface area contributed by atoms with Gasteiger partial charge in [-0.3, -0.25) is 9.59 Å². The number of hydrogen-bond donors (Lipinski definition) is 0. The zero-order valence-corrected chi connectivity index (χ0v) is 14.1. The van der Waals surface area contributed by atoms with Crippen LogP contribution in [0.2, 0.25) is 0 Å². The molecule has 1 heterocycles. The number of nitrogens with zero attached hydrogens (tertiary/aromatic N) is 2. The van der Waals surface area contributed by atoms with E-state index in [0.717, 1.165) is 21.5 Å². The first kappa shape index (κ1) is 14.6. The third-order valence-corrected chi connectivity index (χ3v) is 5.56. The summed E-state index contributed by atoms with van der Waals surface area (Å²) in [5.41, 5.74) is 0.788. The van der Waals surface area contributed by atoms with Crippen LogP contribution in [0.15, 0.2) is 39.9 Å². The van der Waals surface area contributed by atoms with Crippen LogP contribution in [0.1, 0.15) is 12.0 Å². The monoisotopic (exact) mass is 374 g/mol. The van der Waals surface area contributed by atoms with Crippen molar-refractivity contribution in [1.29, 1.82) is 0 Å². The number of allylic oxidation sites excluding steroid dienone is 2. The number of imide groups is 1. The first-order chi connectivity index (χ1) is 11.1. The van der Waals surface area contributed by atoms with Crippen LogP contribution in [-0.4, -0.2) is 30.1 Å². The van der Waals surface area contributed by atoms with Gasteiger partial charge in [-0.2, -0.15) is 10.1 Å². The molecule has 2 bridgehead atoms. The zero-order valence-electron chi connectivity index (χ0n) is 12.5. The maximum absolute atomic E-state index is 12.5. The van der Waals surface area contributed by atoms with E-state index in [1.807, 2.05) is 12.1 Å². The molecule has 1 aromatic carbocycles. The van der Waals surface area contributed by atoms with Crippen LogP contribution in [0.4, 0.5) is 0 Å². The van der Waals surface area contributed by atoms with E-state index in [1.54, 1.807) is 13.2 Å². The summed E-state index contributed by atoms with van der Waals surface area (Å²) in [6, 6.07) is 5.46. The lowest BCUT2D eigenvalue weighted by Gasteiger charge is -2.13. The summed E-state index contributed by atoms with van der Waals surface area (Å²) >= 11 is 3.41. The Morgan fingerprint density at radius 2 is 1.87 bits per heavy atom. The van der Waals surface area contributed by atoms with Gasteiger partial charge in [0, 0.05) is 0 Å². The Hall–Kier alpha value is -1.95.